The Morgan fingerprint density at radius 1 is 1.25 bits per heavy atom. The van der Waals surface area contributed by atoms with Crippen molar-refractivity contribution in [3.05, 3.63) is 33.4 Å². The van der Waals surface area contributed by atoms with E-state index in [9.17, 15) is 9.59 Å². The van der Waals surface area contributed by atoms with Crippen LogP contribution < -0.4 is 0 Å². The van der Waals surface area contributed by atoms with Gasteiger partial charge in [-0.2, -0.15) is 0 Å². The second kappa shape index (κ2) is 5.00. The Balaban J connectivity index is 0.00000121. The van der Waals surface area contributed by atoms with Crippen molar-refractivity contribution in [2.24, 2.45) is 0 Å². The zero-order valence-corrected chi connectivity index (χ0v) is 8.24. The molecule has 0 bridgehead atoms. The summed E-state index contributed by atoms with van der Waals surface area (Å²) in [4.78, 5) is 20.8. The molecule has 0 atom stereocenters. The first-order valence-electron chi connectivity index (χ1n) is 2.99. The molecule has 0 aromatic heterocycles. The summed E-state index contributed by atoms with van der Waals surface area (Å²) in [7, 11) is 0. The third-order valence-corrected chi connectivity index (χ3v) is 1.95. The van der Waals surface area contributed by atoms with Crippen LogP contribution in [0.3, 0.4) is 0 Å². The van der Waals surface area contributed by atoms with Crippen LogP contribution >= 0.6 is 22.6 Å². The van der Waals surface area contributed by atoms with Gasteiger partial charge in [0.15, 0.2) is 6.29 Å². The number of halogens is 1. The number of benzene rings is 1. The number of aldehydes is 1. The van der Waals surface area contributed by atoms with Crippen molar-refractivity contribution in [1.29, 1.82) is 0 Å². The zero-order valence-electron chi connectivity index (χ0n) is 6.08. The van der Waals surface area contributed by atoms with E-state index in [4.69, 9.17) is 0 Å². The van der Waals surface area contributed by atoms with E-state index in [1.54, 1.807) is 24.3 Å². The van der Waals surface area contributed by atoms with E-state index in [0.717, 1.165) is 3.57 Å². The molecule has 0 unspecified atom stereocenters. The highest BCUT2D eigenvalue weighted by atomic mass is 127. The molecule has 0 radical (unpaired) electrons. The molecule has 2 N–H and O–H groups in total. The topological polar surface area (TPSA) is 65.6 Å². The van der Waals surface area contributed by atoms with Crippen LogP contribution in [0.5, 0.6) is 0 Å². The van der Waals surface area contributed by atoms with Gasteiger partial charge in [0.2, 0.25) is 5.78 Å². The van der Waals surface area contributed by atoms with Crippen LogP contribution in [0.15, 0.2) is 24.3 Å². The second-order valence-corrected chi connectivity index (χ2v) is 3.23. The molecule has 3 nitrogen and oxygen atoms in total. The average molecular weight is 278 g/mol. The monoisotopic (exact) mass is 278 g/mol. The molecular formula is C8H7IO3. The standard InChI is InChI=1S/C8H5IO2.H2O/c9-7-3-1-6(2-4-7)8(11)5-10;/h1-5H;1H2. The van der Waals surface area contributed by atoms with E-state index in [0.29, 0.717) is 11.8 Å². The van der Waals surface area contributed by atoms with Gasteiger partial charge in [0.05, 0.1) is 0 Å². The minimum absolute atomic E-state index is 0. The highest BCUT2D eigenvalue weighted by molar-refractivity contribution is 14.1. The molecule has 0 fully saturated rings. The van der Waals surface area contributed by atoms with E-state index in [1.807, 2.05) is 0 Å². The lowest BCUT2D eigenvalue weighted by Gasteiger charge is -1.92. The minimum Gasteiger partial charge on any atom is -0.412 e. The van der Waals surface area contributed by atoms with Crippen molar-refractivity contribution in [3.63, 3.8) is 0 Å². The second-order valence-electron chi connectivity index (χ2n) is 1.99. The largest absolute Gasteiger partial charge is 0.412 e. The number of ketones is 1. The summed E-state index contributed by atoms with van der Waals surface area (Å²) in [6.45, 7) is 0. The van der Waals surface area contributed by atoms with E-state index in [-0.39, 0.29) is 5.48 Å². The van der Waals surface area contributed by atoms with Gasteiger partial charge in [-0.1, -0.05) is 0 Å². The number of carbonyl (C=O) groups is 2. The van der Waals surface area contributed by atoms with Crippen molar-refractivity contribution in [1.82, 2.24) is 0 Å². The highest BCUT2D eigenvalue weighted by Crippen LogP contribution is 2.06. The Hall–Kier alpha value is -0.750. The summed E-state index contributed by atoms with van der Waals surface area (Å²) >= 11 is 2.13. The molecule has 0 saturated heterocycles. The molecule has 1 aromatic carbocycles. The number of rotatable bonds is 2. The normalized spacial score (nSPS) is 8.42. The van der Waals surface area contributed by atoms with Gasteiger partial charge in [-0.15, -0.1) is 0 Å². The van der Waals surface area contributed by atoms with Crippen LogP contribution in [0, 0.1) is 3.57 Å². The lowest BCUT2D eigenvalue weighted by atomic mass is 10.1. The summed E-state index contributed by atoms with van der Waals surface area (Å²) in [6, 6.07) is 6.85. The number of Topliss-reactive ketones (excluding diaryl/α,β-unsaturated/α-hetero) is 1. The first-order chi connectivity index (χ1) is 5.24. The van der Waals surface area contributed by atoms with Crippen LogP contribution in [0.2, 0.25) is 0 Å². The number of hydrogen-bond donors (Lipinski definition) is 0. The summed E-state index contributed by atoms with van der Waals surface area (Å²) in [6.07, 6.45) is 0.322. The van der Waals surface area contributed by atoms with Gasteiger partial charge in [-0.3, -0.25) is 9.59 Å². The van der Waals surface area contributed by atoms with Gasteiger partial charge < -0.3 is 5.48 Å². The van der Waals surface area contributed by atoms with Gasteiger partial charge in [-0.05, 0) is 46.9 Å². The van der Waals surface area contributed by atoms with Gasteiger partial charge in [0.25, 0.3) is 0 Å². The smallest absolute Gasteiger partial charge is 0.225 e. The molecule has 0 aliphatic heterocycles. The molecule has 4 heteroatoms. The fourth-order valence-electron chi connectivity index (χ4n) is 0.682. The first kappa shape index (κ1) is 11.2. The van der Waals surface area contributed by atoms with E-state index < -0.39 is 5.78 Å². The predicted octanol–water partition coefficient (Wildman–Crippen LogP) is 0.848. The van der Waals surface area contributed by atoms with Crippen LogP contribution in [0.25, 0.3) is 0 Å². The van der Waals surface area contributed by atoms with Crippen molar-refractivity contribution in [2.75, 3.05) is 0 Å². The van der Waals surface area contributed by atoms with Crippen molar-refractivity contribution < 1.29 is 15.1 Å². The summed E-state index contributed by atoms with van der Waals surface area (Å²) in [5.41, 5.74) is 0.445. The Bertz CT molecular complexity index is 279. The Labute approximate surface area is 83.2 Å². The Morgan fingerprint density at radius 2 is 1.75 bits per heavy atom. The summed E-state index contributed by atoms with van der Waals surface area (Å²) in [5, 5.41) is 0. The molecule has 0 amide bonds. The van der Waals surface area contributed by atoms with E-state index in [2.05, 4.69) is 22.6 Å². The SMILES string of the molecule is O.O=CC(=O)c1ccc(I)cc1. The molecule has 64 valence electrons. The van der Waals surface area contributed by atoms with Crippen LogP contribution in [0.1, 0.15) is 10.4 Å². The fraction of sp³-hybridized carbons (Fsp3) is 0. The van der Waals surface area contributed by atoms with Crippen LogP contribution in [-0.2, 0) is 4.79 Å². The molecule has 1 rings (SSSR count). The van der Waals surface area contributed by atoms with Gasteiger partial charge >= 0.3 is 0 Å². The van der Waals surface area contributed by atoms with Crippen molar-refractivity contribution in [2.45, 2.75) is 0 Å². The number of hydrogen-bond acceptors (Lipinski definition) is 2. The minimum atomic E-state index is -0.471. The maximum atomic E-state index is 10.8. The zero-order chi connectivity index (χ0) is 8.27. The molecule has 0 aliphatic carbocycles. The molecular weight excluding hydrogens is 271 g/mol. The third-order valence-electron chi connectivity index (χ3n) is 1.24. The molecule has 0 saturated carbocycles. The lowest BCUT2D eigenvalue weighted by Crippen LogP contribution is -1.98. The quantitative estimate of drug-likeness (QED) is 0.348. The molecule has 0 spiro atoms. The third kappa shape index (κ3) is 2.71. The molecule has 1 aromatic rings. The van der Waals surface area contributed by atoms with Crippen LogP contribution in [-0.4, -0.2) is 17.5 Å². The van der Waals surface area contributed by atoms with E-state index in [1.165, 1.54) is 0 Å². The predicted molar refractivity (Wildman–Crippen MR) is 53.2 cm³/mol. The maximum Gasteiger partial charge on any atom is 0.225 e. The molecule has 0 aliphatic rings. The van der Waals surface area contributed by atoms with Crippen molar-refractivity contribution >= 4 is 34.7 Å². The van der Waals surface area contributed by atoms with Crippen LogP contribution in [0.4, 0.5) is 0 Å². The lowest BCUT2D eigenvalue weighted by molar-refractivity contribution is -0.104. The van der Waals surface area contributed by atoms with Crippen molar-refractivity contribution in [3.8, 4) is 0 Å². The Kier molecular flexibility index (Phi) is 4.68. The maximum absolute atomic E-state index is 10.8. The first-order valence-corrected chi connectivity index (χ1v) is 4.07. The van der Waals surface area contributed by atoms with Gasteiger partial charge in [0, 0.05) is 9.13 Å². The van der Waals surface area contributed by atoms with E-state index >= 15 is 0 Å². The molecule has 0 heterocycles. The Morgan fingerprint density at radius 3 is 2.17 bits per heavy atom. The summed E-state index contributed by atoms with van der Waals surface area (Å²) < 4.78 is 1.05. The van der Waals surface area contributed by atoms with Gasteiger partial charge in [-0.25, -0.2) is 0 Å². The summed E-state index contributed by atoms with van der Waals surface area (Å²) in [5.74, 6) is -0.471. The molecule has 12 heavy (non-hydrogen) atoms. The fourth-order valence-corrected chi connectivity index (χ4v) is 1.04. The van der Waals surface area contributed by atoms with Gasteiger partial charge in [0.1, 0.15) is 0 Å². The average Bonchev–Trinajstić information content (AvgIpc) is 2.05. The number of carbonyl (C=O) groups excluding carboxylic acids is 2. The highest BCUT2D eigenvalue weighted by Gasteiger charge is 2.01.